The van der Waals surface area contributed by atoms with Crippen LogP contribution in [0.15, 0.2) is 23.1 Å². The third kappa shape index (κ3) is 2.10. The molecule has 2 rings (SSSR count). The molecule has 1 fully saturated rings. The predicted octanol–water partition coefficient (Wildman–Crippen LogP) is 2.62. The number of hydrogen-bond donors (Lipinski definition) is 1. The number of aliphatic hydroxyl groups is 1. The molecule has 0 bridgehead atoms. The van der Waals surface area contributed by atoms with E-state index in [9.17, 15) is 9.50 Å². The van der Waals surface area contributed by atoms with Gasteiger partial charge >= 0.3 is 0 Å². The number of thioether (sulfide) groups is 1. The first-order valence-electron chi connectivity index (χ1n) is 4.68. The van der Waals surface area contributed by atoms with Gasteiger partial charge in [-0.1, -0.05) is 6.07 Å². The molecule has 76 valence electrons. The first-order valence-corrected chi connectivity index (χ1v) is 5.90. The molecule has 0 unspecified atom stereocenters. The molecule has 1 aromatic rings. The lowest BCUT2D eigenvalue weighted by atomic mass is 10.1. The zero-order valence-corrected chi connectivity index (χ0v) is 8.90. The van der Waals surface area contributed by atoms with Gasteiger partial charge in [-0.05, 0) is 36.8 Å². The number of rotatable bonds is 3. The zero-order valence-electron chi connectivity index (χ0n) is 8.09. The van der Waals surface area contributed by atoms with E-state index >= 15 is 0 Å². The Morgan fingerprint density at radius 3 is 2.71 bits per heavy atom. The lowest BCUT2D eigenvalue weighted by Gasteiger charge is -2.09. The Kier molecular flexibility index (Phi) is 2.54. The van der Waals surface area contributed by atoms with Crippen LogP contribution in [0.1, 0.15) is 18.4 Å². The Bertz CT molecular complexity index is 347. The minimum absolute atomic E-state index is 0.197. The first kappa shape index (κ1) is 9.99. The lowest BCUT2D eigenvalue weighted by Crippen LogP contribution is -2.11. The summed E-state index contributed by atoms with van der Waals surface area (Å²) in [6, 6.07) is 5.21. The van der Waals surface area contributed by atoms with Crippen molar-refractivity contribution in [3.05, 3.63) is 29.6 Å². The molecular weight excluding hydrogens is 199 g/mol. The van der Waals surface area contributed by atoms with Crippen molar-refractivity contribution in [1.82, 2.24) is 0 Å². The maximum atomic E-state index is 13.5. The SMILES string of the molecule is CSc1ccc(CC2(O)CC2)c(F)c1. The fourth-order valence-corrected chi connectivity index (χ4v) is 1.90. The summed E-state index contributed by atoms with van der Waals surface area (Å²) < 4.78 is 13.5. The standard InChI is InChI=1S/C11H13FOS/c1-14-9-3-2-8(10(12)6-9)7-11(13)4-5-11/h2-3,6,13H,4-5,7H2,1H3. The quantitative estimate of drug-likeness (QED) is 0.777. The highest BCUT2D eigenvalue weighted by Crippen LogP contribution is 2.38. The molecule has 3 heteroatoms. The molecule has 1 N–H and O–H groups in total. The van der Waals surface area contributed by atoms with Crippen LogP contribution in [-0.4, -0.2) is 17.0 Å². The molecule has 1 aliphatic carbocycles. The van der Waals surface area contributed by atoms with Crippen molar-refractivity contribution < 1.29 is 9.50 Å². The van der Waals surface area contributed by atoms with E-state index in [1.807, 2.05) is 12.3 Å². The minimum Gasteiger partial charge on any atom is -0.390 e. The van der Waals surface area contributed by atoms with Crippen molar-refractivity contribution in [2.45, 2.75) is 29.8 Å². The molecule has 0 amide bonds. The highest BCUT2D eigenvalue weighted by Gasteiger charge is 2.40. The first-order chi connectivity index (χ1) is 6.63. The van der Waals surface area contributed by atoms with Gasteiger partial charge in [0.15, 0.2) is 0 Å². The summed E-state index contributed by atoms with van der Waals surface area (Å²) in [6.45, 7) is 0. The van der Waals surface area contributed by atoms with Crippen molar-refractivity contribution in [1.29, 1.82) is 0 Å². The van der Waals surface area contributed by atoms with Gasteiger partial charge in [-0.2, -0.15) is 0 Å². The highest BCUT2D eigenvalue weighted by atomic mass is 32.2. The summed E-state index contributed by atoms with van der Waals surface area (Å²) in [7, 11) is 0. The second-order valence-corrected chi connectivity index (χ2v) is 4.74. The van der Waals surface area contributed by atoms with Crippen molar-refractivity contribution in [2.75, 3.05) is 6.26 Å². The second-order valence-electron chi connectivity index (χ2n) is 3.86. The van der Waals surface area contributed by atoms with E-state index in [0.29, 0.717) is 12.0 Å². The van der Waals surface area contributed by atoms with Crippen LogP contribution >= 0.6 is 11.8 Å². The zero-order chi connectivity index (χ0) is 10.2. The largest absolute Gasteiger partial charge is 0.390 e. The highest BCUT2D eigenvalue weighted by molar-refractivity contribution is 7.98. The Morgan fingerprint density at radius 1 is 1.50 bits per heavy atom. The van der Waals surface area contributed by atoms with Gasteiger partial charge < -0.3 is 5.11 Å². The fraction of sp³-hybridized carbons (Fsp3) is 0.455. The molecule has 0 atom stereocenters. The Hall–Kier alpha value is -0.540. The maximum Gasteiger partial charge on any atom is 0.127 e. The van der Waals surface area contributed by atoms with Crippen LogP contribution in [0.3, 0.4) is 0 Å². The van der Waals surface area contributed by atoms with Crippen LogP contribution in [-0.2, 0) is 6.42 Å². The van der Waals surface area contributed by atoms with Gasteiger partial charge in [0.05, 0.1) is 5.60 Å². The van der Waals surface area contributed by atoms with Crippen LogP contribution in [0.25, 0.3) is 0 Å². The Morgan fingerprint density at radius 2 is 2.21 bits per heavy atom. The maximum absolute atomic E-state index is 13.5. The predicted molar refractivity (Wildman–Crippen MR) is 56.1 cm³/mol. The number of hydrogen-bond acceptors (Lipinski definition) is 2. The summed E-state index contributed by atoms with van der Waals surface area (Å²) >= 11 is 1.52. The van der Waals surface area contributed by atoms with Crippen LogP contribution in [0.5, 0.6) is 0 Å². The number of halogens is 1. The third-order valence-electron chi connectivity index (χ3n) is 2.61. The second kappa shape index (κ2) is 3.55. The molecule has 14 heavy (non-hydrogen) atoms. The normalized spacial score (nSPS) is 18.2. The Balaban J connectivity index is 2.17. The molecular formula is C11H13FOS. The summed E-state index contributed by atoms with van der Waals surface area (Å²) in [4.78, 5) is 0.925. The molecule has 1 aliphatic rings. The lowest BCUT2D eigenvalue weighted by molar-refractivity contribution is 0.149. The van der Waals surface area contributed by atoms with Gasteiger partial charge in [-0.25, -0.2) is 4.39 Å². The molecule has 0 spiro atoms. The van der Waals surface area contributed by atoms with Crippen molar-refractivity contribution in [2.24, 2.45) is 0 Å². The van der Waals surface area contributed by atoms with E-state index in [1.54, 1.807) is 6.07 Å². The molecule has 0 heterocycles. The summed E-state index contributed by atoms with van der Waals surface area (Å²) in [5.41, 5.74) is 0.0182. The van der Waals surface area contributed by atoms with Gasteiger partial charge in [0.2, 0.25) is 0 Å². The minimum atomic E-state index is -0.609. The van der Waals surface area contributed by atoms with Gasteiger partial charge in [0.1, 0.15) is 5.82 Å². The average molecular weight is 212 g/mol. The summed E-state index contributed by atoms with van der Waals surface area (Å²) in [5.74, 6) is -0.197. The molecule has 0 saturated heterocycles. The van der Waals surface area contributed by atoms with E-state index in [1.165, 1.54) is 17.8 Å². The van der Waals surface area contributed by atoms with Crippen LogP contribution < -0.4 is 0 Å². The van der Waals surface area contributed by atoms with Crippen LogP contribution in [0.4, 0.5) is 4.39 Å². The van der Waals surface area contributed by atoms with E-state index in [0.717, 1.165) is 17.7 Å². The van der Waals surface area contributed by atoms with Crippen LogP contribution in [0, 0.1) is 5.82 Å². The number of benzene rings is 1. The summed E-state index contributed by atoms with van der Waals surface area (Å²) in [6.07, 6.45) is 3.98. The van der Waals surface area contributed by atoms with Crippen molar-refractivity contribution in [3.63, 3.8) is 0 Å². The van der Waals surface area contributed by atoms with Gasteiger partial charge in [0.25, 0.3) is 0 Å². The summed E-state index contributed by atoms with van der Waals surface area (Å²) in [5, 5.41) is 9.66. The van der Waals surface area contributed by atoms with Crippen molar-refractivity contribution in [3.8, 4) is 0 Å². The molecule has 0 aliphatic heterocycles. The van der Waals surface area contributed by atoms with Gasteiger partial charge in [-0.3, -0.25) is 0 Å². The van der Waals surface area contributed by atoms with Gasteiger partial charge in [0, 0.05) is 11.3 Å². The molecule has 0 radical (unpaired) electrons. The third-order valence-corrected chi connectivity index (χ3v) is 3.33. The fourth-order valence-electron chi connectivity index (χ4n) is 1.47. The Labute approximate surface area is 87.3 Å². The topological polar surface area (TPSA) is 20.2 Å². The van der Waals surface area contributed by atoms with Gasteiger partial charge in [-0.15, -0.1) is 11.8 Å². The molecule has 1 saturated carbocycles. The van der Waals surface area contributed by atoms with E-state index in [4.69, 9.17) is 0 Å². The van der Waals surface area contributed by atoms with E-state index in [-0.39, 0.29) is 5.82 Å². The van der Waals surface area contributed by atoms with Crippen LogP contribution in [0.2, 0.25) is 0 Å². The molecule has 1 nitrogen and oxygen atoms in total. The average Bonchev–Trinajstić information content (AvgIpc) is 2.88. The molecule has 1 aromatic carbocycles. The van der Waals surface area contributed by atoms with Crippen molar-refractivity contribution >= 4 is 11.8 Å². The molecule has 0 aromatic heterocycles. The monoisotopic (exact) mass is 212 g/mol. The smallest absolute Gasteiger partial charge is 0.127 e. The van der Waals surface area contributed by atoms with E-state index in [2.05, 4.69) is 0 Å². The van der Waals surface area contributed by atoms with E-state index < -0.39 is 5.60 Å².